The zero-order chi connectivity index (χ0) is 18.1. The fourth-order valence-corrected chi connectivity index (χ4v) is 3.22. The van der Waals surface area contributed by atoms with Crippen LogP contribution in [0.5, 0.6) is 0 Å². The van der Waals surface area contributed by atoms with Crippen molar-refractivity contribution in [2.75, 3.05) is 5.73 Å². The zero-order valence-electron chi connectivity index (χ0n) is 13.5. The summed E-state index contributed by atoms with van der Waals surface area (Å²) in [7, 11) is 0. The Labute approximate surface area is 157 Å². The van der Waals surface area contributed by atoms with Gasteiger partial charge in [-0.05, 0) is 40.2 Å². The van der Waals surface area contributed by atoms with Crippen LogP contribution in [0.1, 0.15) is 11.3 Å². The maximum atomic E-state index is 9.11. The number of benzene rings is 1. The molecule has 26 heavy (non-hydrogen) atoms. The van der Waals surface area contributed by atoms with E-state index in [-0.39, 0.29) is 5.82 Å². The van der Waals surface area contributed by atoms with Crippen molar-refractivity contribution in [2.24, 2.45) is 0 Å². The van der Waals surface area contributed by atoms with Crippen molar-refractivity contribution in [2.45, 2.75) is 6.54 Å². The van der Waals surface area contributed by atoms with Crippen LogP contribution in [-0.2, 0) is 6.54 Å². The van der Waals surface area contributed by atoms with Crippen LogP contribution in [-0.4, -0.2) is 25.0 Å². The lowest BCUT2D eigenvalue weighted by Crippen LogP contribution is -2.04. The van der Waals surface area contributed by atoms with E-state index in [1.165, 1.54) is 0 Å². The van der Waals surface area contributed by atoms with Gasteiger partial charge in [-0.3, -0.25) is 4.98 Å². The topological polar surface area (TPSA) is 106 Å². The number of nitrogens with two attached hydrogens (primary N) is 1. The maximum absolute atomic E-state index is 9.11. The Hall–Kier alpha value is -3.31. The molecule has 4 rings (SSSR count). The Balaban J connectivity index is 1.82. The minimum absolute atomic E-state index is 0.285. The summed E-state index contributed by atoms with van der Waals surface area (Å²) in [6, 6.07) is 15.0. The van der Waals surface area contributed by atoms with Crippen LogP contribution in [0.15, 0.2) is 53.1 Å². The lowest BCUT2D eigenvalue weighted by Gasteiger charge is -2.06. The molecule has 0 atom stereocenters. The molecular formula is C18H12BrN7. The number of aromatic nitrogens is 5. The SMILES string of the molecule is N#Cc1cccc(-c2nc(N)c3nn(Cc4ccccn4)nc3c2Br)c1. The van der Waals surface area contributed by atoms with Gasteiger partial charge in [-0.25, -0.2) is 4.98 Å². The molecule has 0 aliphatic carbocycles. The van der Waals surface area contributed by atoms with Crippen molar-refractivity contribution in [3.05, 3.63) is 64.4 Å². The van der Waals surface area contributed by atoms with Gasteiger partial charge in [-0.15, -0.1) is 5.10 Å². The van der Waals surface area contributed by atoms with Gasteiger partial charge in [0.05, 0.1) is 27.5 Å². The van der Waals surface area contributed by atoms with Crippen molar-refractivity contribution in [3.63, 3.8) is 0 Å². The van der Waals surface area contributed by atoms with Gasteiger partial charge >= 0.3 is 0 Å². The Kier molecular flexibility index (Phi) is 4.07. The quantitative estimate of drug-likeness (QED) is 0.560. The monoisotopic (exact) mass is 405 g/mol. The largest absolute Gasteiger partial charge is 0.382 e. The van der Waals surface area contributed by atoms with E-state index in [1.54, 1.807) is 29.2 Å². The number of anilines is 1. The van der Waals surface area contributed by atoms with Crippen molar-refractivity contribution in [3.8, 4) is 17.3 Å². The molecule has 7 nitrogen and oxygen atoms in total. The van der Waals surface area contributed by atoms with E-state index in [1.807, 2.05) is 24.3 Å². The number of fused-ring (bicyclic) bond motifs is 1. The third-order valence-corrected chi connectivity index (χ3v) is 4.59. The Morgan fingerprint density at radius 1 is 1.12 bits per heavy atom. The summed E-state index contributed by atoms with van der Waals surface area (Å²) in [5.41, 5.74) is 10.0. The number of halogens is 1. The molecule has 0 saturated heterocycles. The minimum atomic E-state index is 0.285. The second-order valence-corrected chi connectivity index (χ2v) is 6.39. The van der Waals surface area contributed by atoms with Crippen molar-refractivity contribution < 1.29 is 0 Å². The Bertz CT molecular complexity index is 1150. The highest BCUT2D eigenvalue weighted by Crippen LogP contribution is 2.34. The average molecular weight is 406 g/mol. The lowest BCUT2D eigenvalue weighted by atomic mass is 10.1. The number of nitrogen functional groups attached to an aromatic ring is 1. The number of rotatable bonds is 3. The number of pyridine rings is 2. The van der Waals surface area contributed by atoms with Crippen LogP contribution in [0.4, 0.5) is 5.82 Å². The molecule has 8 heteroatoms. The van der Waals surface area contributed by atoms with Crippen molar-refractivity contribution in [1.82, 2.24) is 25.0 Å². The standard InChI is InChI=1S/C18H12BrN7/c19-14-15(12-5-3-4-11(8-12)9-20)23-18(21)17-16(14)24-26(25-17)10-13-6-1-2-7-22-13/h1-8H,10H2,(H2,21,23). The summed E-state index contributed by atoms with van der Waals surface area (Å²) in [6.45, 7) is 0.431. The predicted octanol–water partition coefficient (Wildman–Crippen LogP) is 3.15. The molecule has 126 valence electrons. The molecule has 0 bridgehead atoms. The normalized spacial score (nSPS) is 10.8. The second kappa shape index (κ2) is 6.54. The van der Waals surface area contributed by atoms with Crippen LogP contribution >= 0.6 is 15.9 Å². The molecule has 0 saturated carbocycles. The summed E-state index contributed by atoms with van der Waals surface area (Å²) in [4.78, 5) is 10.3. The molecule has 0 spiro atoms. The van der Waals surface area contributed by atoms with Gasteiger partial charge in [0.15, 0.2) is 11.3 Å². The molecule has 4 aromatic rings. The van der Waals surface area contributed by atoms with E-state index >= 15 is 0 Å². The Morgan fingerprint density at radius 2 is 1.96 bits per heavy atom. The number of hydrogen-bond donors (Lipinski definition) is 1. The minimum Gasteiger partial charge on any atom is -0.382 e. The van der Waals surface area contributed by atoms with Gasteiger partial charge in [0.2, 0.25) is 0 Å². The number of nitriles is 1. The molecule has 3 aromatic heterocycles. The van der Waals surface area contributed by atoms with E-state index in [2.05, 4.69) is 42.2 Å². The summed E-state index contributed by atoms with van der Waals surface area (Å²) in [5.74, 6) is 0.285. The van der Waals surface area contributed by atoms with Crippen LogP contribution in [0.25, 0.3) is 22.3 Å². The smallest absolute Gasteiger partial charge is 0.156 e. The third kappa shape index (κ3) is 2.89. The molecule has 0 unspecified atom stereocenters. The highest BCUT2D eigenvalue weighted by Gasteiger charge is 2.17. The summed E-state index contributed by atoms with van der Waals surface area (Å²) in [6.07, 6.45) is 1.73. The van der Waals surface area contributed by atoms with Crippen molar-refractivity contribution >= 4 is 32.8 Å². The van der Waals surface area contributed by atoms with E-state index in [0.717, 1.165) is 11.3 Å². The Morgan fingerprint density at radius 3 is 2.73 bits per heavy atom. The summed E-state index contributed by atoms with van der Waals surface area (Å²) < 4.78 is 0.684. The van der Waals surface area contributed by atoms with Gasteiger partial charge in [0, 0.05) is 11.8 Å². The van der Waals surface area contributed by atoms with Gasteiger partial charge < -0.3 is 5.73 Å². The van der Waals surface area contributed by atoms with Crippen LogP contribution in [0, 0.1) is 11.3 Å². The predicted molar refractivity (Wildman–Crippen MR) is 101 cm³/mol. The first-order valence-electron chi connectivity index (χ1n) is 7.76. The average Bonchev–Trinajstić information content (AvgIpc) is 3.10. The fraction of sp³-hybridized carbons (Fsp3) is 0.0556. The number of nitrogens with zero attached hydrogens (tertiary/aromatic N) is 6. The molecule has 3 heterocycles. The molecule has 0 aliphatic rings. The second-order valence-electron chi connectivity index (χ2n) is 5.60. The first-order chi connectivity index (χ1) is 12.7. The van der Waals surface area contributed by atoms with Crippen LogP contribution in [0.2, 0.25) is 0 Å². The van der Waals surface area contributed by atoms with Gasteiger partial charge in [0.1, 0.15) is 12.1 Å². The lowest BCUT2D eigenvalue weighted by molar-refractivity contribution is 0.591. The van der Waals surface area contributed by atoms with E-state index in [0.29, 0.717) is 33.3 Å². The van der Waals surface area contributed by atoms with Gasteiger partial charge in [0.25, 0.3) is 0 Å². The maximum Gasteiger partial charge on any atom is 0.156 e. The van der Waals surface area contributed by atoms with Crippen LogP contribution < -0.4 is 5.73 Å². The first-order valence-corrected chi connectivity index (χ1v) is 8.55. The first kappa shape index (κ1) is 16.2. The highest BCUT2D eigenvalue weighted by molar-refractivity contribution is 9.10. The van der Waals surface area contributed by atoms with Crippen molar-refractivity contribution in [1.29, 1.82) is 5.26 Å². The van der Waals surface area contributed by atoms with Crippen LogP contribution in [0.3, 0.4) is 0 Å². The number of hydrogen-bond acceptors (Lipinski definition) is 6. The fourth-order valence-electron chi connectivity index (χ4n) is 2.64. The molecule has 0 fully saturated rings. The molecular weight excluding hydrogens is 394 g/mol. The molecule has 0 aliphatic heterocycles. The van der Waals surface area contributed by atoms with E-state index < -0.39 is 0 Å². The van der Waals surface area contributed by atoms with E-state index in [4.69, 9.17) is 11.0 Å². The van der Waals surface area contributed by atoms with E-state index in [9.17, 15) is 0 Å². The highest BCUT2D eigenvalue weighted by atomic mass is 79.9. The van der Waals surface area contributed by atoms with Gasteiger partial charge in [-0.2, -0.15) is 15.2 Å². The molecule has 1 aromatic carbocycles. The third-order valence-electron chi connectivity index (χ3n) is 3.84. The summed E-state index contributed by atoms with van der Waals surface area (Å²) >= 11 is 3.57. The van der Waals surface area contributed by atoms with Gasteiger partial charge in [-0.1, -0.05) is 18.2 Å². The summed E-state index contributed by atoms with van der Waals surface area (Å²) in [5, 5.41) is 18.1. The molecule has 2 N–H and O–H groups in total. The zero-order valence-corrected chi connectivity index (χ0v) is 15.1. The molecule has 0 amide bonds. The molecule has 0 radical (unpaired) electrons.